The second kappa shape index (κ2) is 6.68. The Morgan fingerprint density at radius 1 is 1.37 bits per heavy atom. The summed E-state index contributed by atoms with van der Waals surface area (Å²) in [6.07, 6.45) is 0.892. The van der Waals surface area contributed by atoms with E-state index in [0.29, 0.717) is 19.6 Å². The Labute approximate surface area is 117 Å². The zero-order valence-electron chi connectivity index (χ0n) is 11.1. The van der Waals surface area contributed by atoms with Crippen LogP contribution in [0, 0.1) is 6.92 Å². The number of aryl methyl sites for hydroxylation is 1. The molecule has 2 heterocycles. The summed E-state index contributed by atoms with van der Waals surface area (Å²) in [4.78, 5) is 25.4. The number of nitrogens with zero attached hydrogens (tertiary/aromatic N) is 1. The summed E-state index contributed by atoms with van der Waals surface area (Å²) in [6.45, 7) is 5.33. The Kier molecular flexibility index (Phi) is 4.93. The summed E-state index contributed by atoms with van der Waals surface area (Å²) < 4.78 is 0. The second-order valence-electron chi connectivity index (χ2n) is 4.66. The molecule has 1 aromatic heterocycles. The molecule has 2 rings (SSSR count). The van der Waals surface area contributed by atoms with Crippen molar-refractivity contribution in [2.24, 2.45) is 0 Å². The topological polar surface area (TPSA) is 61.4 Å². The molecule has 0 bridgehead atoms. The van der Waals surface area contributed by atoms with Crippen molar-refractivity contribution in [2.75, 3.05) is 26.2 Å². The van der Waals surface area contributed by atoms with Gasteiger partial charge in [0.05, 0.1) is 0 Å². The van der Waals surface area contributed by atoms with Gasteiger partial charge in [0.15, 0.2) is 0 Å². The third-order valence-electron chi connectivity index (χ3n) is 3.22. The van der Waals surface area contributed by atoms with Gasteiger partial charge in [-0.25, -0.2) is 0 Å². The Hall–Kier alpha value is -1.40. The zero-order valence-corrected chi connectivity index (χ0v) is 11.9. The lowest BCUT2D eigenvalue weighted by Gasteiger charge is -2.19. The normalized spacial score (nSPS) is 15.9. The fourth-order valence-corrected chi connectivity index (χ4v) is 2.87. The van der Waals surface area contributed by atoms with Gasteiger partial charge in [0.25, 0.3) is 0 Å². The van der Waals surface area contributed by atoms with Crippen LogP contribution in [0.1, 0.15) is 17.5 Å². The summed E-state index contributed by atoms with van der Waals surface area (Å²) >= 11 is 1.60. The number of thiophene rings is 1. The van der Waals surface area contributed by atoms with Crippen LogP contribution in [0.4, 0.5) is 0 Å². The van der Waals surface area contributed by atoms with E-state index in [2.05, 4.69) is 10.6 Å². The first-order valence-corrected chi connectivity index (χ1v) is 7.42. The molecule has 1 fully saturated rings. The van der Waals surface area contributed by atoms with Crippen LogP contribution in [0.5, 0.6) is 0 Å². The fraction of sp³-hybridized carbons (Fsp3) is 0.538. The molecule has 1 aliphatic heterocycles. The van der Waals surface area contributed by atoms with E-state index in [1.807, 2.05) is 17.7 Å². The number of amides is 2. The van der Waals surface area contributed by atoms with Crippen molar-refractivity contribution >= 4 is 23.2 Å². The molecule has 0 unspecified atom stereocenters. The van der Waals surface area contributed by atoms with E-state index in [9.17, 15) is 9.59 Å². The van der Waals surface area contributed by atoms with Crippen molar-refractivity contribution in [3.05, 3.63) is 21.9 Å². The lowest BCUT2D eigenvalue weighted by atomic mass is 10.2. The maximum atomic E-state index is 12.0. The van der Waals surface area contributed by atoms with Crippen molar-refractivity contribution in [2.45, 2.75) is 19.9 Å². The molecular weight excluding hydrogens is 262 g/mol. The highest BCUT2D eigenvalue weighted by Crippen LogP contribution is 2.12. The largest absolute Gasteiger partial charge is 0.344 e. The first kappa shape index (κ1) is 14.0. The van der Waals surface area contributed by atoms with Crippen molar-refractivity contribution < 1.29 is 9.59 Å². The van der Waals surface area contributed by atoms with Crippen LogP contribution in [0.25, 0.3) is 0 Å². The third-order valence-corrected chi connectivity index (χ3v) is 4.13. The highest BCUT2D eigenvalue weighted by atomic mass is 32.1. The molecule has 0 radical (unpaired) electrons. The molecule has 1 aromatic rings. The van der Waals surface area contributed by atoms with Gasteiger partial charge in [0, 0.05) is 26.2 Å². The van der Waals surface area contributed by atoms with Gasteiger partial charge in [-0.1, -0.05) is 0 Å². The molecule has 6 heteroatoms. The molecule has 2 N–H and O–H groups in total. The number of carbonyl (C=O) groups is 2. The minimum absolute atomic E-state index is 0.420. The summed E-state index contributed by atoms with van der Waals surface area (Å²) in [6, 6.07) is 0. The number of hydrogen-bond acceptors (Lipinski definition) is 4. The van der Waals surface area contributed by atoms with E-state index in [1.54, 1.807) is 16.2 Å². The quantitative estimate of drug-likeness (QED) is 0.776. The molecule has 5 nitrogen and oxygen atoms in total. The van der Waals surface area contributed by atoms with Gasteiger partial charge < -0.3 is 15.5 Å². The standard InChI is InChI=1S/C13H19N3O2S/c1-10-8-19-9-11(10)7-15-12(17)13(18)16-5-2-3-14-4-6-16/h8-9,14H,2-7H2,1H3,(H,15,17). The smallest absolute Gasteiger partial charge is 0.311 e. The lowest BCUT2D eigenvalue weighted by Crippen LogP contribution is -2.44. The average Bonchev–Trinajstić information content (AvgIpc) is 2.68. The van der Waals surface area contributed by atoms with Gasteiger partial charge >= 0.3 is 11.8 Å². The number of carbonyl (C=O) groups excluding carboxylic acids is 2. The molecule has 0 aromatic carbocycles. The molecule has 0 spiro atoms. The second-order valence-corrected chi connectivity index (χ2v) is 5.40. The van der Waals surface area contributed by atoms with Gasteiger partial charge in [0.1, 0.15) is 0 Å². The maximum absolute atomic E-state index is 12.0. The van der Waals surface area contributed by atoms with Gasteiger partial charge in [-0.2, -0.15) is 11.3 Å². The molecule has 104 valence electrons. The predicted octanol–water partition coefficient (Wildman–Crippen LogP) is 0.495. The Morgan fingerprint density at radius 2 is 2.21 bits per heavy atom. The fourth-order valence-electron chi connectivity index (χ4n) is 2.01. The summed E-state index contributed by atoms with van der Waals surface area (Å²) in [5.41, 5.74) is 2.22. The summed E-state index contributed by atoms with van der Waals surface area (Å²) in [7, 11) is 0. The first-order chi connectivity index (χ1) is 9.18. The molecule has 2 amide bonds. The molecular formula is C13H19N3O2S. The maximum Gasteiger partial charge on any atom is 0.311 e. The zero-order chi connectivity index (χ0) is 13.7. The van der Waals surface area contributed by atoms with E-state index < -0.39 is 11.8 Å². The Balaban J connectivity index is 1.85. The van der Waals surface area contributed by atoms with Crippen LogP contribution in [-0.2, 0) is 16.1 Å². The number of rotatable bonds is 2. The van der Waals surface area contributed by atoms with Crippen LogP contribution in [-0.4, -0.2) is 42.9 Å². The van der Waals surface area contributed by atoms with Gasteiger partial charge in [-0.3, -0.25) is 9.59 Å². The minimum Gasteiger partial charge on any atom is -0.344 e. The average molecular weight is 281 g/mol. The van der Waals surface area contributed by atoms with Crippen LogP contribution in [0.15, 0.2) is 10.8 Å². The molecule has 0 saturated carbocycles. The predicted molar refractivity (Wildman–Crippen MR) is 75.0 cm³/mol. The van der Waals surface area contributed by atoms with E-state index in [4.69, 9.17) is 0 Å². The number of nitrogens with one attached hydrogen (secondary N) is 2. The SMILES string of the molecule is Cc1cscc1CNC(=O)C(=O)N1CCCNCC1. The van der Waals surface area contributed by atoms with Crippen LogP contribution < -0.4 is 10.6 Å². The highest BCUT2D eigenvalue weighted by Gasteiger charge is 2.22. The molecule has 0 atom stereocenters. The third kappa shape index (κ3) is 3.78. The molecule has 19 heavy (non-hydrogen) atoms. The minimum atomic E-state index is -0.507. The van der Waals surface area contributed by atoms with Gasteiger partial charge in [-0.05, 0) is 41.8 Å². The Morgan fingerprint density at radius 3 is 2.95 bits per heavy atom. The monoisotopic (exact) mass is 281 g/mol. The van der Waals surface area contributed by atoms with E-state index >= 15 is 0 Å². The summed E-state index contributed by atoms with van der Waals surface area (Å²) in [5, 5.41) is 9.94. The van der Waals surface area contributed by atoms with Crippen molar-refractivity contribution in [1.29, 1.82) is 0 Å². The van der Waals surface area contributed by atoms with Crippen LogP contribution >= 0.6 is 11.3 Å². The molecule has 1 saturated heterocycles. The van der Waals surface area contributed by atoms with E-state index in [1.165, 1.54) is 0 Å². The highest BCUT2D eigenvalue weighted by molar-refractivity contribution is 7.08. The van der Waals surface area contributed by atoms with Crippen LogP contribution in [0.2, 0.25) is 0 Å². The van der Waals surface area contributed by atoms with Crippen molar-refractivity contribution in [3.8, 4) is 0 Å². The van der Waals surface area contributed by atoms with Gasteiger partial charge in [-0.15, -0.1) is 0 Å². The molecule has 0 aliphatic carbocycles. The number of hydrogen-bond donors (Lipinski definition) is 2. The lowest BCUT2D eigenvalue weighted by molar-refractivity contribution is -0.145. The van der Waals surface area contributed by atoms with E-state index in [-0.39, 0.29) is 0 Å². The first-order valence-electron chi connectivity index (χ1n) is 6.48. The Bertz CT molecular complexity index is 450. The van der Waals surface area contributed by atoms with Crippen molar-refractivity contribution in [3.63, 3.8) is 0 Å². The van der Waals surface area contributed by atoms with E-state index in [0.717, 1.165) is 30.6 Å². The molecule has 1 aliphatic rings. The van der Waals surface area contributed by atoms with Gasteiger partial charge in [0.2, 0.25) is 0 Å². The summed E-state index contributed by atoms with van der Waals surface area (Å²) in [5.74, 6) is -0.927. The van der Waals surface area contributed by atoms with Crippen LogP contribution in [0.3, 0.4) is 0 Å². The van der Waals surface area contributed by atoms with Crippen molar-refractivity contribution in [1.82, 2.24) is 15.5 Å².